The molecule has 0 aliphatic heterocycles. The number of nitrogens with zero attached hydrogens (tertiary/aromatic N) is 2. The van der Waals surface area contributed by atoms with Crippen molar-refractivity contribution in [1.82, 2.24) is 10.5 Å². The zero-order chi connectivity index (χ0) is 25.2. The molecule has 0 unspecified atom stereocenters. The van der Waals surface area contributed by atoms with Gasteiger partial charge in [0, 0.05) is 29.4 Å². The summed E-state index contributed by atoms with van der Waals surface area (Å²) < 4.78 is 44.6. The molecule has 1 aliphatic carbocycles. The Morgan fingerprint density at radius 1 is 1.09 bits per heavy atom. The van der Waals surface area contributed by atoms with Gasteiger partial charge in [-0.05, 0) is 81.0 Å². The molecular formula is C25H24Cl2F3N3O2. The van der Waals surface area contributed by atoms with Crippen LogP contribution < -0.4 is 10.2 Å². The Morgan fingerprint density at radius 3 is 2.37 bits per heavy atom. The van der Waals surface area contributed by atoms with E-state index in [9.17, 15) is 18.0 Å². The first kappa shape index (κ1) is 25.4. The summed E-state index contributed by atoms with van der Waals surface area (Å²) in [5.74, 6) is 0.366. The Labute approximate surface area is 211 Å². The van der Waals surface area contributed by atoms with Crippen LogP contribution in [0.25, 0.3) is 0 Å². The number of rotatable bonds is 6. The highest BCUT2D eigenvalue weighted by Crippen LogP contribution is 2.34. The van der Waals surface area contributed by atoms with Crippen LogP contribution in [0.3, 0.4) is 0 Å². The molecular weight excluding hydrogens is 502 g/mol. The molecule has 1 fully saturated rings. The van der Waals surface area contributed by atoms with E-state index in [4.69, 9.17) is 27.7 Å². The molecule has 1 aliphatic rings. The van der Waals surface area contributed by atoms with Gasteiger partial charge in [-0.25, -0.2) is 0 Å². The number of benzene rings is 2. The highest BCUT2D eigenvalue weighted by molar-refractivity contribution is 6.33. The van der Waals surface area contributed by atoms with Crippen molar-refractivity contribution in [2.24, 2.45) is 5.92 Å². The van der Waals surface area contributed by atoms with E-state index in [0.717, 1.165) is 42.4 Å². The molecule has 1 saturated carbocycles. The fourth-order valence-corrected chi connectivity index (χ4v) is 4.64. The smallest absolute Gasteiger partial charge is 0.349 e. The average Bonchev–Trinajstić information content (AvgIpc) is 3.24. The predicted octanol–water partition coefficient (Wildman–Crippen LogP) is 7.44. The minimum Gasteiger partial charge on any atom is -0.349 e. The fourth-order valence-electron chi connectivity index (χ4n) is 4.31. The molecule has 0 atom stereocenters. The summed E-state index contributed by atoms with van der Waals surface area (Å²) in [6.07, 6.45) is -1.47. The van der Waals surface area contributed by atoms with Gasteiger partial charge in [-0.1, -0.05) is 28.4 Å². The molecule has 0 spiro atoms. The van der Waals surface area contributed by atoms with Crippen LogP contribution in [0.4, 0.5) is 24.7 Å². The van der Waals surface area contributed by atoms with Crippen molar-refractivity contribution in [3.8, 4) is 0 Å². The number of hydrogen-bond donors (Lipinski definition) is 1. The number of nitrogens with one attached hydrogen (secondary N) is 1. The van der Waals surface area contributed by atoms with Gasteiger partial charge in [0.2, 0.25) is 5.88 Å². The molecule has 10 heteroatoms. The average molecular weight is 526 g/mol. The minimum absolute atomic E-state index is 0.00913. The Hall–Kier alpha value is -2.71. The summed E-state index contributed by atoms with van der Waals surface area (Å²) in [6, 6.07) is 12.0. The van der Waals surface area contributed by atoms with Crippen LogP contribution in [-0.4, -0.2) is 23.7 Å². The summed E-state index contributed by atoms with van der Waals surface area (Å²) in [6.45, 7) is 2.55. The summed E-state index contributed by atoms with van der Waals surface area (Å²) in [7, 11) is 0. The Morgan fingerprint density at radius 2 is 1.77 bits per heavy atom. The number of aromatic nitrogens is 1. The maximum absolute atomic E-state index is 13.0. The molecule has 1 N–H and O–H groups in total. The van der Waals surface area contributed by atoms with Gasteiger partial charge in [0.25, 0.3) is 5.91 Å². The maximum atomic E-state index is 13.0. The lowest BCUT2D eigenvalue weighted by Gasteiger charge is -2.33. The van der Waals surface area contributed by atoms with Crippen LogP contribution in [0, 0.1) is 12.8 Å². The second-order valence-corrected chi connectivity index (χ2v) is 9.62. The first-order chi connectivity index (χ1) is 16.6. The Balaban J connectivity index is 1.39. The molecule has 0 saturated heterocycles. The molecule has 4 rings (SSSR count). The zero-order valence-corrected chi connectivity index (χ0v) is 20.4. The minimum atomic E-state index is -4.55. The van der Waals surface area contributed by atoms with Crippen molar-refractivity contribution >= 4 is 40.7 Å². The summed E-state index contributed by atoms with van der Waals surface area (Å²) in [5.41, 5.74) is 0.637. The van der Waals surface area contributed by atoms with Crippen LogP contribution in [0.15, 0.2) is 53.1 Å². The summed E-state index contributed by atoms with van der Waals surface area (Å²) >= 11 is 12.1. The largest absolute Gasteiger partial charge is 0.416 e. The Bertz CT molecular complexity index is 1170. The van der Waals surface area contributed by atoms with E-state index in [1.54, 1.807) is 0 Å². The number of halogens is 5. The van der Waals surface area contributed by atoms with Gasteiger partial charge in [-0.3, -0.25) is 4.79 Å². The van der Waals surface area contributed by atoms with Gasteiger partial charge in [0.15, 0.2) is 0 Å². The Kier molecular flexibility index (Phi) is 7.62. The van der Waals surface area contributed by atoms with Crippen molar-refractivity contribution in [3.63, 3.8) is 0 Å². The number of hydrogen-bond acceptors (Lipinski definition) is 4. The first-order valence-electron chi connectivity index (χ1n) is 11.2. The van der Waals surface area contributed by atoms with E-state index in [1.165, 1.54) is 0 Å². The van der Waals surface area contributed by atoms with Gasteiger partial charge in [0.1, 0.15) is 0 Å². The van der Waals surface area contributed by atoms with Crippen LogP contribution in [0.1, 0.15) is 47.3 Å². The SMILES string of the molecule is Cc1cc(N(C[C@H]2CC[C@H](NC(=O)c3cc(C(F)(F)F)ccc3Cl)CC2)c2ccc(Cl)cc2)on1. The van der Waals surface area contributed by atoms with Crippen molar-refractivity contribution in [2.75, 3.05) is 11.4 Å². The normalized spacial score (nSPS) is 18.3. The first-order valence-corrected chi connectivity index (χ1v) is 12.0. The lowest BCUT2D eigenvalue weighted by molar-refractivity contribution is -0.137. The van der Waals surface area contributed by atoms with Crippen molar-refractivity contribution in [3.05, 3.63) is 75.4 Å². The van der Waals surface area contributed by atoms with Crippen molar-refractivity contribution in [2.45, 2.75) is 44.8 Å². The number of carbonyl (C=O) groups excluding carboxylic acids is 1. The van der Waals surface area contributed by atoms with E-state index in [0.29, 0.717) is 36.2 Å². The standard InChI is InChI=1S/C25H24Cl2F3N3O2/c1-15-12-23(35-32-15)33(20-9-5-18(26)6-10-20)14-16-2-7-19(8-3-16)31-24(34)21-13-17(25(28,29)30)4-11-22(21)27/h4-6,9-13,16,19H,2-3,7-8,14H2,1H3,(H,31,34)/t16-,19-. The molecule has 35 heavy (non-hydrogen) atoms. The number of amides is 1. The van der Waals surface area contributed by atoms with Crippen molar-refractivity contribution in [1.29, 1.82) is 0 Å². The van der Waals surface area contributed by atoms with E-state index in [1.807, 2.05) is 37.3 Å². The fraction of sp³-hybridized carbons (Fsp3) is 0.360. The van der Waals surface area contributed by atoms with Crippen LogP contribution in [0.5, 0.6) is 0 Å². The van der Waals surface area contributed by atoms with Crippen LogP contribution >= 0.6 is 23.2 Å². The monoisotopic (exact) mass is 525 g/mol. The number of anilines is 2. The molecule has 5 nitrogen and oxygen atoms in total. The maximum Gasteiger partial charge on any atom is 0.416 e. The molecule has 1 amide bonds. The topological polar surface area (TPSA) is 58.4 Å². The number of carbonyl (C=O) groups is 1. The van der Waals surface area contributed by atoms with Gasteiger partial charge < -0.3 is 14.7 Å². The molecule has 1 heterocycles. The van der Waals surface area contributed by atoms with Gasteiger partial charge in [-0.15, -0.1) is 0 Å². The molecule has 0 radical (unpaired) electrons. The highest BCUT2D eigenvalue weighted by Gasteiger charge is 2.32. The third kappa shape index (κ3) is 6.30. The second kappa shape index (κ2) is 10.5. The number of aryl methyl sites for hydroxylation is 1. The van der Waals surface area contributed by atoms with E-state index >= 15 is 0 Å². The molecule has 2 aromatic carbocycles. The second-order valence-electron chi connectivity index (χ2n) is 8.78. The summed E-state index contributed by atoms with van der Waals surface area (Å²) in [4.78, 5) is 14.7. The van der Waals surface area contributed by atoms with Gasteiger partial charge >= 0.3 is 6.18 Å². The number of alkyl halides is 3. The van der Waals surface area contributed by atoms with Crippen molar-refractivity contribution < 1.29 is 22.5 Å². The molecule has 0 bridgehead atoms. The van der Waals surface area contributed by atoms with Gasteiger partial charge in [-0.2, -0.15) is 13.2 Å². The van der Waals surface area contributed by atoms with Gasteiger partial charge in [0.05, 0.1) is 21.8 Å². The quantitative estimate of drug-likeness (QED) is 0.363. The zero-order valence-electron chi connectivity index (χ0n) is 18.9. The highest BCUT2D eigenvalue weighted by atomic mass is 35.5. The lowest BCUT2D eigenvalue weighted by Crippen LogP contribution is -2.39. The van der Waals surface area contributed by atoms with Crippen LogP contribution in [0.2, 0.25) is 10.0 Å². The third-order valence-electron chi connectivity index (χ3n) is 6.18. The molecule has 3 aromatic rings. The van der Waals surface area contributed by atoms with E-state index in [2.05, 4.69) is 15.4 Å². The van der Waals surface area contributed by atoms with Crippen LogP contribution in [-0.2, 0) is 6.18 Å². The lowest BCUT2D eigenvalue weighted by atomic mass is 9.85. The third-order valence-corrected chi connectivity index (χ3v) is 6.76. The molecule has 186 valence electrons. The predicted molar refractivity (Wildman–Crippen MR) is 129 cm³/mol. The van der Waals surface area contributed by atoms with E-state index in [-0.39, 0.29) is 16.6 Å². The van der Waals surface area contributed by atoms with E-state index < -0.39 is 17.6 Å². The molecule has 1 aromatic heterocycles. The summed E-state index contributed by atoms with van der Waals surface area (Å²) in [5, 5.41) is 7.49.